The van der Waals surface area contributed by atoms with Crippen molar-refractivity contribution in [2.45, 2.75) is 25.2 Å². The predicted molar refractivity (Wildman–Crippen MR) is 62.4 cm³/mol. The van der Waals surface area contributed by atoms with Gasteiger partial charge in [-0.2, -0.15) is 5.10 Å². The quantitative estimate of drug-likeness (QED) is 0.761. The van der Waals surface area contributed by atoms with Crippen molar-refractivity contribution < 1.29 is 9.47 Å². The summed E-state index contributed by atoms with van der Waals surface area (Å²) in [5.74, 6) is -0.263. The molecule has 5 nitrogen and oxygen atoms in total. The summed E-state index contributed by atoms with van der Waals surface area (Å²) in [5.41, 5.74) is 1.14. The smallest absolute Gasteiger partial charge is 0.170 e. The average Bonchev–Trinajstić information content (AvgIpc) is 2.93. The fourth-order valence-electron chi connectivity index (χ4n) is 2.61. The maximum atomic E-state index is 5.72. The van der Waals surface area contributed by atoms with E-state index < -0.39 is 0 Å². The van der Waals surface area contributed by atoms with Crippen molar-refractivity contribution in [3.63, 3.8) is 0 Å². The molecule has 17 heavy (non-hydrogen) atoms. The van der Waals surface area contributed by atoms with Gasteiger partial charge in [0.05, 0.1) is 18.9 Å². The Bertz CT molecular complexity index is 375. The highest BCUT2D eigenvalue weighted by Crippen LogP contribution is 2.31. The summed E-state index contributed by atoms with van der Waals surface area (Å²) in [6.45, 7) is 4.48. The van der Waals surface area contributed by atoms with E-state index in [1.807, 2.05) is 17.9 Å². The minimum atomic E-state index is -0.263. The molecule has 3 heterocycles. The van der Waals surface area contributed by atoms with Crippen LogP contribution in [0.25, 0.3) is 0 Å². The summed E-state index contributed by atoms with van der Waals surface area (Å²) in [4.78, 5) is 2.42. The van der Waals surface area contributed by atoms with Crippen LogP contribution in [-0.2, 0) is 23.1 Å². The van der Waals surface area contributed by atoms with Gasteiger partial charge in [0.1, 0.15) is 0 Å². The Kier molecular flexibility index (Phi) is 2.90. The summed E-state index contributed by atoms with van der Waals surface area (Å²) in [6, 6.07) is 2.08. The summed E-state index contributed by atoms with van der Waals surface area (Å²) < 4.78 is 13.3. The summed E-state index contributed by atoms with van der Waals surface area (Å²) in [6.07, 6.45) is 3.93. The second-order valence-electron chi connectivity index (χ2n) is 4.86. The molecular weight excluding hydrogens is 218 g/mol. The van der Waals surface area contributed by atoms with E-state index in [-0.39, 0.29) is 5.79 Å². The van der Waals surface area contributed by atoms with Crippen molar-refractivity contribution in [2.24, 2.45) is 7.05 Å². The largest absolute Gasteiger partial charge is 0.347 e. The van der Waals surface area contributed by atoms with E-state index >= 15 is 0 Å². The zero-order valence-electron chi connectivity index (χ0n) is 10.3. The van der Waals surface area contributed by atoms with E-state index in [2.05, 4.69) is 16.1 Å². The standard InChI is InChI=1S/C12H19N3O2/c1-14-5-2-11(13-14)10-15-6-3-12(4-7-15)16-8-9-17-12/h2,5H,3-4,6-10H2,1H3. The van der Waals surface area contributed by atoms with Gasteiger partial charge in [-0.05, 0) is 6.07 Å². The molecule has 0 bridgehead atoms. The number of piperidine rings is 1. The molecule has 2 saturated heterocycles. The number of aryl methyl sites for hydroxylation is 1. The normalized spacial score (nSPS) is 24.5. The molecule has 0 atom stereocenters. The van der Waals surface area contributed by atoms with Crippen molar-refractivity contribution in [3.05, 3.63) is 18.0 Å². The molecule has 0 unspecified atom stereocenters. The van der Waals surface area contributed by atoms with E-state index in [1.165, 1.54) is 0 Å². The molecule has 2 aliphatic rings. The van der Waals surface area contributed by atoms with Crippen LogP contribution >= 0.6 is 0 Å². The Hall–Kier alpha value is -0.910. The number of nitrogens with zero attached hydrogens (tertiary/aromatic N) is 3. The lowest BCUT2D eigenvalue weighted by Crippen LogP contribution is -2.44. The zero-order chi connectivity index (χ0) is 11.7. The molecule has 0 aromatic carbocycles. The Balaban J connectivity index is 1.54. The highest BCUT2D eigenvalue weighted by Gasteiger charge is 2.39. The SMILES string of the molecule is Cn1ccc(CN2CCC3(CC2)OCCO3)n1. The molecule has 2 fully saturated rings. The van der Waals surface area contributed by atoms with E-state index in [0.717, 1.165) is 51.4 Å². The molecule has 3 rings (SSSR count). The Morgan fingerprint density at radius 1 is 1.29 bits per heavy atom. The van der Waals surface area contributed by atoms with Crippen LogP contribution in [0.15, 0.2) is 12.3 Å². The number of aromatic nitrogens is 2. The molecule has 0 amide bonds. The van der Waals surface area contributed by atoms with Crippen molar-refractivity contribution >= 4 is 0 Å². The van der Waals surface area contributed by atoms with E-state index in [4.69, 9.17) is 9.47 Å². The molecule has 1 aromatic rings. The fourth-order valence-corrected chi connectivity index (χ4v) is 2.61. The molecule has 0 radical (unpaired) electrons. The van der Waals surface area contributed by atoms with Gasteiger partial charge < -0.3 is 9.47 Å². The van der Waals surface area contributed by atoms with Crippen LogP contribution in [0.2, 0.25) is 0 Å². The Morgan fingerprint density at radius 2 is 2.00 bits per heavy atom. The molecule has 0 saturated carbocycles. The number of likely N-dealkylation sites (tertiary alicyclic amines) is 1. The predicted octanol–water partition coefficient (Wildman–Crippen LogP) is 0.759. The van der Waals surface area contributed by atoms with Gasteiger partial charge in [-0.1, -0.05) is 0 Å². The number of rotatable bonds is 2. The maximum absolute atomic E-state index is 5.72. The zero-order valence-corrected chi connectivity index (χ0v) is 10.3. The van der Waals surface area contributed by atoms with Crippen molar-refractivity contribution in [1.82, 2.24) is 14.7 Å². The molecular formula is C12H19N3O2. The van der Waals surface area contributed by atoms with Crippen LogP contribution < -0.4 is 0 Å². The second-order valence-corrected chi connectivity index (χ2v) is 4.86. The van der Waals surface area contributed by atoms with Crippen LogP contribution in [0, 0.1) is 0 Å². The molecule has 0 aliphatic carbocycles. The first-order valence-corrected chi connectivity index (χ1v) is 6.25. The average molecular weight is 237 g/mol. The third-order valence-corrected chi connectivity index (χ3v) is 3.59. The van der Waals surface area contributed by atoms with Crippen LogP contribution in [0.5, 0.6) is 0 Å². The molecule has 0 N–H and O–H groups in total. The summed E-state index contributed by atoms with van der Waals surface area (Å²) in [7, 11) is 1.95. The Morgan fingerprint density at radius 3 is 2.59 bits per heavy atom. The van der Waals surface area contributed by atoms with Gasteiger partial charge in [-0.15, -0.1) is 0 Å². The van der Waals surface area contributed by atoms with Gasteiger partial charge >= 0.3 is 0 Å². The lowest BCUT2D eigenvalue weighted by molar-refractivity contribution is -0.185. The monoisotopic (exact) mass is 237 g/mol. The highest BCUT2D eigenvalue weighted by molar-refractivity contribution is 4.99. The van der Waals surface area contributed by atoms with Crippen molar-refractivity contribution in [2.75, 3.05) is 26.3 Å². The number of hydrogen-bond acceptors (Lipinski definition) is 4. The van der Waals surface area contributed by atoms with Crippen LogP contribution in [-0.4, -0.2) is 46.8 Å². The van der Waals surface area contributed by atoms with E-state index in [0.29, 0.717) is 0 Å². The Labute approximate surface area is 101 Å². The van der Waals surface area contributed by atoms with Gasteiger partial charge in [0.15, 0.2) is 5.79 Å². The van der Waals surface area contributed by atoms with E-state index in [1.54, 1.807) is 0 Å². The molecule has 1 aromatic heterocycles. The van der Waals surface area contributed by atoms with Gasteiger partial charge in [-0.3, -0.25) is 9.58 Å². The molecule has 5 heteroatoms. The maximum Gasteiger partial charge on any atom is 0.170 e. The van der Waals surface area contributed by atoms with Crippen molar-refractivity contribution in [3.8, 4) is 0 Å². The fraction of sp³-hybridized carbons (Fsp3) is 0.750. The summed E-state index contributed by atoms with van der Waals surface area (Å²) in [5, 5.41) is 4.41. The van der Waals surface area contributed by atoms with Crippen LogP contribution in [0.3, 0.4) is 0 Å². The van der Waals surface area contributed by atoms with Gasteiger partial charge in [0, 0.05) is 45.7 Å². The first kappa shape index (κ1) is 11.2. The minimum Gasteiger partial charge on any atom is -0.347 e. The third-order valence-electron chi connectivity index (χ3n) is 3.59. The lowest BCUT2D eigenvalue weighted by Gasteiger charge is -2.37. The van der Waals surface area contributed by atoms with Gasteiger partial charge in [-0.25, -0.2) is 0 Å². The second kappa shape index (κ2) is 4.40. The van der Waals surface area contributed by atoms with Gasteiger partial charge in [0.25, 0.3) is 0 Å². The summed E-state index contributed by atoms with van der Waals surface area (Å²) >= 11 is 0. The first-order chi connectivity index (χ1) is 8.26. The van der Waals surface area contributed by atoms with Crippen LogP contribution in [0.4, 0.5) is 0 Å². The first-order valence-electron chi connectivity index (χ1n) is 6.25. The third kappa shape index (κ3) is 2.36. The molecule has 1 spiro atoms. The molecule has 94 valence electrons. The highest BCUT2D eigenvalue weighted by atomic mass is 16.7. The van der Waals surface area contributed by atoms with E-state index in [9.17, 15) is 0 Å². The number of hydrogen-bond donors (Lipinski definition) is 0. The van der Waals surface area contributed by atoms with Crippen molar-refractivity contribution in [1.29, 1.82) is 0 Å². The van der Waals surface area contributed by atoms with Gasteiger partial charge in [0.2, 0.25) is 0 Å². The lowest BCUT2D eigenvalue weighted by atomic mass is 10.0. The minimum absolute atomic E-state index is 0.263. The number of ether oxygens (including phenoxy) is 2. The van der Waals surface area contributed by atoms with Crippen LogP contribution in [0.1, 0.15) is 18.5 Å². The topological polar surface area (TPSA) is 39.5 Å². The molecule has 2 aliphatic heterocycles.